The predicted octanol–water partition coefficient (Wildman–Crippen LogP) is 1.67. The molecule has 3 aliphatic rings. The number of rotatable bonds is 4. The van der Waals surface area contributed by atoms with E-state index in [4.69, 9.17) is 9.84 Å². The van der Waals surface area contributed by atoms with E-state index < -0.39 is 0 Å². The van der Waals surface area contributed by atoms with E-state index >= 15 is 0 Å². The molecule has 1 aromatic rings. The highest BCUT2D eigenvalue weighted by Crippen LogP contribution is 2.29. The Hall–Kier alpha value is -1.05. The van der Waals surface area contributed by atoms with Crippen LogP contribution in [0.5, 0.6) is 0 Å². The van der Waals surface area contributed by atoms with Crippen molar-refractivity contribution in [2.75, 3.05) is 50.9 Å². The van der Waals surface area contributed by atoms with Crippen molar-refractivity contribution in [3.05, 3.63) is 17.0 Å². The first kappa shape index (κ1) is 18.3. The Kier molecular flexibility index (Phi) is 5.86. The molecule has 0 saturated carbocycles. The Morgan fingerprint density at radius 2 is 2.00 bits per heavy atom. The van der Waals surface area contributed by atoms with E-state index in [1.807, 2.05) is 16.7 Å². The van der Waals surface area contributed by atoms with Gasteiger partial charge in [-0.25, -0.2) is 0 Å². The number of hydrogen-bond donors (Lipinski definition) is 0. The van der Waals surface area contributed by atoms with Crippen molar-refractivity contribution < 1.29 is 9.53 Å². The number of amides is 1. The number of nitrogens with zero attached hydrogens (tertiary/aromatic N) is 4. The zero-order valence-electron chi connectivity index (χ0n) is 15.8. The molecule has 0 radical (unpaired) electrons. The van der Waals surface area contributed by atoms with Crippen LogP contribution in [-0.4, -0.2) is 82.4 Å². The lowest BCUT2D eigenvalue weighted by Gasteiger charge is -2.37. The monoisotopic (exact) mass is 378 g/mol. The summed E-state index contributed by atoms with van der Waals surface area (Å²) in [5.41, 5.74) is 3.27. The molecule has 26 heavy (non-hydrogen) atoms. The largest absolute Gasteiger partial charge is 0.379 e. The lowest BCUT2D eigenvalue weighted by molar-refractivity contribution is 0.0135. The minimum atomic E-state index is 0.152. The standard InChI is InChI=1S/C19H30N4O2S/c1-2-5-23-17-4-3-15(21-6-10-25-11-7-21)14-16(17)18(20-23)19(24)22-8-12-26-13-9-22/h15H,2-14H2,1H3/t15-/m1/s1. The van der Waals surface area contributed by atoms with Crippen LogP contribution in [0.25, 0.3) is 0 Å². The summed E-state index contributed by atoms with van der Waals surface area (Å²) in [6.07, 6.45) is 4.21. The van der Waals surface area contributed by atoms with Crippen LogP contribution in [0.1, 0.15) is 41.5 Å². The molecule has 2 saturated heterocycles. The first-order valence-electron chi connectivity index (χ1n) is 10.0. The van der Waals surface area contributed by atoms with Gasteiger partial charge in [-0.2, -0.15) is 16.9 Å². The molecular formula is C19H30N4O2S. The van der Waals surface area contributed by atoms with E-state index in [1.165, 1.54) is 11.3 Å². The van der Waals surface area contributed by atoms with Gasteiger partial charge in [-0.1, -0.05) is 6.92 Å². The van der Waals surface area contributed by atoms with Crippen LogP contribution in [0.15, 0.2) is 0 Å². The lowest BCUT2D eigenvalue weighted by atomic mass is 9.89. The summed E-state index contributed by atoms with van der Waals surface area (Å²) in [6, 6.07) is 0.522. The quantitative estimate of drug-likeness (QED) is 0.798. The zero-order chi connectivity index (χ0) is 17.9. The molecule has 2 aliphatic heterocycles. The van der Waals surface area contributed by atoms with Gasteiger partial charge in [0.1, 0.15) is 0 Å². The molecule has 4 rings (SSSR count). The molecule has 0 N–H and O–H groups in total. The fourth-order valence-corrected chi connectivity index (χ4v) is 5.31. The molecule has 144 valence electrons. The second kappa shape index (κ2) is 8.31. The van der Waals surface area contributed by atoms with Crippen molar-refractivity contribution in [3.8, 4) is 0 Å². The van der Waals surface area contributed by atoms with E-state index in [-0.39, 0.29) is 5.91 Å². The molecule has 1 aromatic heterocycles. The van der Waals surface area contributed by atoms with Gasteiger partial charge >= 0.3 is 0 Å². The Morgan fingerprint density at radius 3 is 2.73 bits per heavy atom. The van der Waals surface area contributed by atoms with Gasteiger partial charge in [0, 0.05) is 61.5 Å². The van der Waals surface area contributed by atoms with Crippen LogP contribution < -0.4 is 0 Å². The predicted molar refractivity (Wildman–Crippen MR) is 104 cm³/mol. The number of aryl methyl sites for hydroxylation is 1. The molecule has 2 fully saturated rings. The third-order valence-electron chi connectivity index (χ3n) is 5.82. The van der Waals surface area contributed by atoms with Crippen LogP contribution in [0, 0.1) is 0 Å². The minimum Gasteiger partial charge on any atom is -0.379 e. The summed E-state index contributed by atoms with van der Waals surface area (Å²) in [4.78, 5) is 17.7. The topological polar surface area (TPSA) is 50.6 Å². The Labute approximate surface area is 160 Å². The average Bonchev–Trinajstić information content (AvgIpc) is 3.07. The summed E-state index contributed by atoms with van der Waals surface area (Å²) in [5.74, 6) is 2.24. The zero-order valence-corrected chi connectivity index (χ0v) is 16.6. The first-order valence-corrected chi connectivity index (χ1v) is 11.2. The van der Waals surface area contributed by atoms with Gasteiger partial charge in [0.15, 0.2) is 5.69 Å². The normalized spacial score (nSPS) is 24.5. The lowest BCUT2D eigenvalue weighted by Crippen LogP contribution is -2.46. The summed E-state index contributed by atoms with van der Waals surface area (Å²) < 4.78 is 7.64. The molecule has 0 unspecified atom stereocenters. The second-order valence-corrected chi connectivity index (χ2v) is 8.67. The van der Waals surface area contributed by atoms with Crippen molar-refractivity contribution in [1.82, 2.24) is 19.6 Å². The molecule has 1 amide bonds. The molecular weight excluding hydrogens is 348 g/mol. The summed E-state index contributed by atoms with van der Waals surface area (Å²) >= 11 is 1.93. The number of hydrogen-bond acceptors (Lipinski definition) is 5. The van der Waals surface area contributed by atoms with E-state index in [9.17, 15) is 4.79 Å². The SMILES string of the molecule is CCCn1nc(C(=O)N2CCSCC2)c2c1CC[C@@H](N1CCOCC1)C2. The highest BCUT2D eigenvalue weighted by Gasteiger charge is 2.33. The van der Waals surface area contributed by atoms with Crippen molar-refractivity contribution in [1.29, 1.82) is 0 Å². The van der Waals surface area contributed by atoms with Gasteiger partial charge in [-0.3, -0.25) is 14.4 Å². The van der Waals surface area contributed by atoms with Crippen molar-refractivity contribution in [2.24, 2.45) is 0 Å². The number of fused-ring (bicyclic) bond motifs is 1. The summed E-state index contributed by atoms with van der Waals surface area (Å²) in [5, 5.41) is 4.81. The number of thioether (sulfide) groups is 1. The molecule has 1 aliphatic carbocycles. The average molecular weight is 379 g/mol. The highest BCUT2D eigenvalue weighted by molar-refractivity contribution is 7.99. The van der Waals surface area contributed by atoms with Crippen LogP contribution in [0.2, 0.25) is 0 Å². The van der Waals surface area contributed by atoms with Crippen LogP contribution in [0.3, 0.4) is 0 Å². The Bertz CT molecular complexity index is 636. The van der Waals surface area contributed by atoms with E-state index in [0.717, 1.165) is 88.8 Å². The number of carbonyl (C=O) groups excluding carboxylic acids is 1. The van der Waals surface area contributed by atoms with Crippen LogP contribution in [0.4, 0.5) is 0 Å². The molecule has 0 bridgehead atoms. The smallest absolute Gasteiger partial charge is 0.274 e. The number of aromatic nitrogens is 2. The fourth-order valence-electron chi connectivity index (χ4n) is 4.41. The second-order valence-electron chi connectivity index (χ2n) is 7.45. The number of ether oxygens (including phenoxy) is 1. The molecule has 7 heteroatoms. The first-order chi connectivity index (χ1) is 12.8. The Balaban J connectivity index is 1.59. The molecule has 3 heterocycles. The number of carbonyl (C=O) groups is 1. The third-order valence-corrected chi connectivity index (χ3v) is 6.76. The minimum absolute atomic E-state index is 0.152. The van der Waals surface area contributed by atoms with Gasteiger partial charge < -0.3 is 9.64 Å². The summed E-state index contributed by atoms with van der Waals surface area (Å²) in [6.45, 7) is 8.47. The van der Waals surface area contributed by atoms with Crippen LogP contribution in [-0.2, 0) is 24.1 Å². The van der Waals surface area contributed by atoms with Gasteiger partial charge in [0.05, 0.1) is 13.2 Å². The van der Waals surface area contributed by atoms with Crippen molar-refractivity contribution >= 4 is 17.7 Å². The molecule has 6 nitrogen and oxygen atoms in total. The van der Waals surface area contributed by atoms with Gasteiger partial charge in [0.25, 0.3) is 5.91 Å². The highest BCUT2D eigenvalue weighted by atomic mass is 32.2. The maximum atomic E-state index is 13.2. The maximum absolute atomic E-state index is 13.2. The van der Waals surface area contributed by atoms with Crippen molar-refractivity contribution in [3.63, 3.8) is 0 Å². The van der Waals surface area contributed by atoms with Crippen LogP contribution >= 0.6 is 11.8 Å². The van der Waals surface area contributed by atoms with Gasteiger partial charge in [-0.05, 0) is 25.7 Å². The van der Waals surface area contributed by atoms with Crippen molar-refractivity contribution in [2.45, 2.75) is 45.2 Å². The maximum Gasteiger partial charge on any atom is 0.274 e. The van der Waals surface area contributed by atoms with Gasteiger partial charge in [-0.15, -0.1) is 0 Å². The van der Waals surface area contributed by atoms with E-state index in [2.05, 4.69) is 16.5 Å². The van der Waals surface area contributed by atoms with E-state index in [0.29, 0.717) is 6.04 Å². The molecule has 0 aromatic carbocycles. The Morgan fingerprint density at radius 1 is 1.23 bits per heavy atom. The third kappa shape index (κ3) is 3.66. The van der Waals surface area contributed by atoms with Gasteiger partial charge in [0.2, 0.25) is 0 Å². The van der Waals surface area contributed by atoms with E-state index in [1.54, 1.807) is 0 Å². The molecule has 1 atom stereocenters. The summed E-state index contributed by atoms with van der Waals surface area (Å²) in [7, 11) is 0. The molecule has 0 spiro atoms. The number of morpholine rings is 1. The fraction of sp³-hybridized carbons (Fsp3) is 0.789.